The summed E-state index contributed by atoms with van der Waals surface area (Å²) in [5.41, 5.74) is 0.998. The number of nitrogens with one attached hydrogen (secondary N) is 2. The number of carbonyl (C=O) groups excluding carboxylic acids is 2. The molecule has 0 atom stereocenters. The molecule has 0 fully saturated rings. The lowest BCUT2D eigenvalue weighted by Crippen LogP contribution is -2.09. The van der Waals surface area contributed by atoms with Crippen LogP contribution in [0.3, 0.4) is 0 Å². The van der Waals surface area contributed by atoms with E-state index in [-0.39, 0.29) is 21.6 Å². The van der Waals surface area contributed by atoms with Gasteiger partial charge >= 0.3 is 0 Å². The Balaban J connectivity index is 2.17. The molecule has 0 aliphatic heterocycles. The monoisotopic (exact) mass is 384 g/mol. The number of amides is 2. The number of benzene rings is 2. The Labute approximate surface area is 158 Å². The predicted molar refractivity (Wildman–Crippen MR) is 105 cm³/mol. The topological polar surface area (TPSA) is 92.3 Å². The lowest BCUT2D eigenvalue weighted by atomic mass is 10.3. The largest absolute Gasteiger partial charge is 0.323 e. The molecule has 0 aliphatic carbocycles. The van der Waals surface area contributed by atoms with Crippen molar-refractivity contribution < 1.29 is 18.0 Å². The van der Waals surface area contributed by atoms with Crippen molar-refractivity contribution in [3.8, 4) is 0 Å². The second-order valence-electron chi connectivity index (χ2n) is 5.53. The summed E-state index contributed by atoms with van der Waals surface area (Å²) in [6.07, 6.45) is 5.97. The summed E-state index contributed by atoms with van der Waals surface area (Å²) in [6.45, 7) is 3.46. The van der Waals surface area contributed by atoms with Crippen LogP contribution in [0, 0.1) is 0 Å². The van der Waals surface area contributed by atoms with Crippen LogP contribution in [0.15, 0.2) is 82.6 Å². The highest BCUT2D eigenvalue weighted by molar-refractivity contribution is 7.91. The van der Waals surface area contributed by atoms with Gasteiger partial charge in [0.1, 0.15) is 0 Å². The first-order valence-corrected chi connectivity index (χ1v) is 9.67. The molecule has 27 heavy (non-hydrogen) atoms. The molecule has 0 aromatic heterocycles. The number of hydrogen-bond donors (Lipinski definition) is 2. The van der Waals surface area contributed by atoms with Crippen molar-refractivity contribution in [1.82, 2.24) is 0 Å². The molecule has 0 saturated carbocycles. The lowest BCUT2D eigenvalue weighted by Gasteiger charge is -2.08. The molecule has 2 aromatic rings. The Morgan fingerprint density at radius 2 is 1.04 bits per heavy atom. The third-order valence-corrected chi connectivity index (χ3v) is 5.29. The smallest absolute Gasteiger partial charge is 0.248 e. The van der Waals surface area contributed by atoms with Gasteiger partial charge in [-0.3, -0.25) is 9.59 Å². The molecule has 0 saturated heterocycles. The van der Waals surface area contributed by atoms with Crippen LogP contribution in [0.4, 0.5) is 11.4 Å². The number of sulfone groups is 1. The average Bonchev–Trinajstić information content (AvgIpc) is 2.63. The molecule has 0 aliphatic rings. The van der Waals surface area contributed by atoms with E-state index < -0.39 is 9.84 Å². The fraction of sp³-hybridized carbons (Fsp3) is 0.100. The summed E-state index contributed by atoms with van der Waals surface area (Å²) in [4.78, 5) is 23.2. The zero-order chi connectivity index (χ0) is 19.9. The Morgan fingerprint density at radius 1 is 0.704 bits per heavy atom. The van der Waals surface area contributed by atoms with E-state index in [2.05, 4.69) is 10.6 Å². The molecule has 0 unspecified atom stereocenters. The Kier molecular flexibility index (Phi) is 6.67. The van der Waals surface area contributed by atoms with Gasteiger partial charge in [-0.1, -0.05) is 12.2 Å². The van der Waals surface area contributed by atoms with E-state index in [9.17, 15) is 18.0 Å². The molecule has 0 bridgehead atoms. The van der Waals surface area contributed by atoms with Crippen LogP contribution in [-0.4, -0.2) is 20.2 Å². The predicted octanol–water partition coefficient (Wildman–Crippen LogP) is 3.55. The van der Waals surface area contributed by atoms with Crippen molar-refractivity contribution in [2.24, 2.45) is 0 Å². The van der Waals surface area contributed by atoms with Gasteiger partial charge in [-0.2, -0.15) is 0 Å². The molecule has 0 spiro atoms. The minimum atomic E-state index is -3.70. The summed E-state index contributed by atoms with van der Waals surface area (Å²) >= 11 is 0. The summed E-state index contributed by atoms with van der Waals surface area (Å²) < 4.78 is 25.4. The molecule has 0 heterocycles. The number of rotatable bonds is 6. The van der Waals surface area contributed by atoms with Crippen LogP contribution >= 0.6 is 0 Å². The van der Waals surface area contributed by atoms with Gasteiger partial charge in [-0.25, -0.2) is 8.42 Å². The maximum absolute atomic E-state index is 12.7. The fourth-order valence-electron chi connectivity index (χ4n) is 2.24. The molecule has 2 aromatic carbocycles. The normalized spacial score (nSPS) is 11.6. The van der Waals surface area contributed by atoms with Gasteiger partial charge in [-0.05, 0) is 74.5 Å². The quantitative estimate of drug-likeness (QED) is 0.745. The van der Waals surface area contributed by atoms with Gasteiger partial charge in [0.15, 0.2) is 0 Å². The van der Waals surface area contributed by atoms with Crippen LogP contribution in [0.5, 0.6) is 0 Å². The van der Waals surface area contributed by atoms with Crippen molar-refractivity contribution in [2.45, 2.75) is 23.6 Å². The van der Waals surface area contributed by atoms with Crippen LogP contribution < -0.4 is 10.6 Å². The number of allylic oxidation sites excluding steroid dienone is 2. The van der Waals surface area contributed by atoms with E-state index in [0.29, 0.717) is 11.4 Å². The molecule has 2 N–H and O–H groups in total. The van der Waals surface area contributed by atoms with Crippen molar-refractivity contribution >= 4 is 33.0 Å². The van der Waals surface area contributed by atoms with E-state index >= 15 is 0 Å². The van der Waals surface area contributed by atoms with Gasteiger partial charge in [-0.15, -0.1) is 0 Å². The highest BCUT2D eigenvalue weighted by Gasteiger charge is 2.17. The fourth-order valence-corrected chi connectivity index (χ4v) is 3.50. The van der Waals surface area contributed by atoms with E-state index in [0.717, 1.165) is 0 Å². The molecule has 140 valence electrons. The third kappa shape index (κ3) is 5.39. The number of hydrogen-bond acceptors (Lipinski definition) is 4. The lowest BCUT2D eigenvalue weighted by molar-refractivity contribution is -0.112. The molecule has 2 amide bonds. The Morgan fingerprint density at radius 3 is 1.33 bits per heavy atom. The van der Waals surface area contributed by atoms with Gasteiger partial charge in [0.25, 0.3) is 0 Å². The Hall–Kier alpha value is -3.19. The third-order valence-electron chi connectivity index (χ3n) is 3.50. The minimum absolute atomic E-state index is 0.109. The zero-order valence-electron chi connectivity index (χ0n) is 15.0. The second-order valence-corrected chi connectivity index (χ2v) is 7.48. The van der Waals surface area contributed by atoms with Crippen LogP contribution in [0.25, 0.3) is 0 Å². The van der Waals surface area contributed by atoms with Crippen molar-refractivity contribution in [2.75, 3.05) is 10.6 Å². The standard InChI is InChI=1S/C20H20N2O4S/c1-3-5-19(23)21-15-7-11-17(12-8-15)27(25,26)18-13-9-16(10-14-18)22-20(24)6-4-2/h3-14H,1-2H3,(H,21,23)(H,22,24)/b5-3-,6-4+. The summed E-state index contributed by atoms with van der Waals surface area (Å²) in [5.74, 6) is -0.577. The Bertz CT molecular complexity index is 898. The van der Waals surface area contributed by atoms with Crippen molar-refractivity contribution in [3.05, 3.63) is 72.8 Å². The summed E-state index contributed by atoms with van der Waals surface area (Å²) in [5, 5.41) is 5.26. The summed E-state index contributed by atoms with van der Waals surface area (Å²) in [7, 11) is -3.70. The zero-order valence-corrected chi connectivity index (χ0v) is 15.8. The van der Waals surface area contributed by atoms with Crippen LogP contribution in [-0.2, 0) is 19.4 Å². The first-order valence-electron chi connectivity index (χ1n) is 8.19. The average molecular weight is 384 g/mol. The van der Waals surface area contributed by atoms with Crippen molar-refractivity contribution in [1.29, 1.82) is 0 Å². The van der Waals surface area contributed by atoms with E-state index in [1.807, 2.05) is 0 Å². The number of carbonyl (C=O) groups is 2. The molecule has 0 radical (unpaired) electrons. The molecular weight excluding hydrogens is 364 g/mol. The first-order chi connectivity index (χ1) is 12.9. The van der Waals surface area contributed by atoms with E-state index in [1.54, 1.807) is 26.0 Å². The maximum atomic E-state index is 12.7. The SMILES string of the molecule is C/C=C\C(=O)Nc1ccc(S(=O)(=O)c2ccc(NC(=O)/C=C/C)cc2)cc1. The van der Waals surface area contributed by atoms with Gasteiger partial charge in [0.2, 0.25) is 21.7 Å². The second kappa shape index (κ2) is 8.95. The van der Waals surface area contributed by atoms with Gasteiger partial charge in [0, 0.05) is 11.4 Å². The van der Waals surface area contributed by atoms with Gasteiger partial charge < -0.3 is 10.6 Å². The molecular formula is C20H20N2O4S. The van der Waals surface area contributed by atoms with Crippen molar-refractivity contribution in [3.63, 3.8) is 0 Å². The number of anilines is 2. The van der Waals surface area contributed by atoms with Crippen LogP contribution in [0.2, 0.25) is 0 Å². The molecule has 2 rings (SSSR count). The van der Waals surface area contributed by atoms with Crippen LogP contribution in [0.1, 0.15) is 13.8 Å². The minimum Gasteiger partial charge on any atom is -0.323 e. The highest BCUT2D eigenvalue weighted by Crippen LogP contribution is 2.23. The van der Waals surface area contributed by atoms with Gasteiger partial charge in [0.05, 0.1) is 9.79 Å². The molecule has 6 nitrogen and oxygen atoms in total. The van der Waals surface area contributed by atoms with E-state index in [1.165, 1.54) is 60.7 Å². The first kappa shape index (κ1) is 20.1. The van der Waals surface area contributed by atoms with E-state index in [4.69, 9.17) is 0 Å². The molecule has 7 heteroatoms. The maximum Gasteiger partial charge on any atom is 0.248 e. The summed E-state index contributed by atoms with van der Waals surface area (Å²) in [6, 6.07) is 11.8. The highest BCUT2D eigenvalue weighted by atomic mass is 32.2.